The smallest absolute Gasteiger partial charge is 0.250 e. The summed E-state index contributed by atoms with van der Waals surface area (Å²) >= 11 is 0. The quantitative estimate of drug-likeness (QED) is 0.266. The number of hydrogen-bond acceptors (Lipinski definition) is 2. The summed E-state index contributed by atoms with van der Waals surface area (Å²) in [4.78, 5) is 4.26. The predicted octanol–water partition coefficient (Wildman–Crippen LogP) is 9.48. The highest BCUT2D eigenvalue weighted by molar-refractivity contribution is 5.63. The van der Waals surface area contributed by atoms with E-state index in [4.69, 9.17) is 4.74 Å². The van der Waals surface area contributed by atoms with E-state index in [0.717, 1.165) is 29.9 Å². The number of unbranched alkanes of at least 4 members (excludes halogenated alkanes) is 7. The molecule has 0 bridgehead atoms. The zero-order chi connectivity index (χ0) is 23.3. The maximum absolute atomic E-state index is 14.5. The Kier molecular flexibility index (Phi) is 11.2. The maximum Gasteiger partial charge on any atom is 0.250 e. The first-order valence-corrected chi connectivity index (χ1v) is 13.6. The lowest BCUT2D eigenvalue weighted by molar-refractivity contribution is 0.278. The molecule has 0 N–H and O–H groups in total. The van der Waals surface area contributed by atoms with Crippen LogP contribution in [0, 0.1) is 11.7 Å². The van der Waals surface area contributed by atoms with Gasteiger partial charge in [0.15, 0.2) is 5.82 Å². The van der Waals surface area contributed by atoms with Crippen molar-refractivity contribution in [2.45, 2.75) is 110 Å². The predicted molar refractivity (Wildman–Crippen MR) is 137 cm³/mol. The Morgan fingerprint density at radius 2 is 1.48 bits per heavy atom. The second-order valence-corrected chi connectivity index (χ2v) is 9.96. The Morgan fingerprint density at radius 1 is 0.818 bits per heavy atom. The molecular weight excluding hydrogens is 409 g/mol. The van der Waals surface area contributed by atoms with E-state index >= 15 is 0 Å². The third-order valence-electron chi connectivity index (χ3n) is 7.32. The van der Waals surface area contributed by atoms with E-state index in [2.05, 4.69) is 43.1 Å². The average molecular weight is 454 g/mol. The molecule has 0 aliphatic heterocycles. The van der Waals surface area contributed by atoms with Gasteiger partial charge in [-0.15, -0.1) is 0 Å². The second-order valence-electron chi connectivity index (χ2n) is 9.96. The minimum absolute atomic E-state index is 0.125. The number of halogens is 1. The van der Waals surface area contributed by atoms with Crippen molar-refractivity contribution in [2.24, 2.45) is 5.92 Å². The molecule has 0 unspecified atom stereocenters. The van der Waals surface area contributed by atoms with Crippen LogP contribution < -0.4 is 4.74 Å². The van der Waals surface area contributed by atoms with Gasteiger partial charge in [0, 0.05) is 11.8 Å². The fourth-order valence-electron chi connectivity index (χ4n) is 5.16. The molecule has 1 aliphatic carbocycles. The molecule has 33 heavy (non-hydrogen) atoms. The molecule has 3 heteroatoms. The van der Waals surface area contributed by atoms with Crippen molar-refractivity contribution < 1.29 is 9.13 Å². The van der Waals surface area contributed by atoms with Crippen molar-refractivity contribution in [3.63, 3.8) is 0 Å². The third kappa shape index (κ3) is 8.43. The summed E-state index contributed by atoms with van der Waals surface area (Å²) in [5.41, 5.74) is 3.25. The van der Waals surface area contributed by atoms with Gasteiger partial charge >= 0.3 is 0 Å². The van der Waals surface area contributed by atoms with Gasteiger partial charge in [-0.3, -0.25) is 0 Å². The molecule has 2 nitrogen and oxygen atoms in total. The molecule has 0 saturated heterocycles. The molecule has 1 saturated carbocycles. The van der Waals surface area contributed by atoms with Gasteiger partial charge in [0.25, 0.3) is 0 Å². The average Bonchev–Trinajstić information content (AvgIpc) is 2.85. The summed E-state index contributed by atoms with van der Waals surface area (Å²) in [6.07, 6.45) is 19.7. The van der Waals surface area contributed by atoms with Crippen LogP contribution in [0.15, 0.2) is 36.5 Å². The lowest BCUT2D eigenvalue weighted by atomic mass is 9.77. The summed E-state index contributed by atoms with van der Waals surface area (Å²) in [7, 11) is 0. The van der Waals surface area contributed by atoms with Gasteiger partial charge in [-0.2, -0.15) is 0 Å². The van der Waals surface area contributed by atoms with Crippen LogP contribution in [0.3, 0.4) is 0 Å². The lowest BCUT2D eigenvalue weighted by Crippen LogP contribution is -2.13. The molecule has 0 amide bonds. The Morgan fingerprint density at radius 3 is 2.18 bits per heavy atom. The summed E-state index contributed by atoms with van der Waals surface area (Å²) in [5.74, 6) is 1.36. The van der Waals surface area contributed by atoms with Gasteiger partial charge in [-0.1, -0.05) is 95.9 Å². The van der Waals surface area contributed by atoms with E-state index in [1.54, 1.807) is 12.3 Å². The van der Waals surface area contributed by atoms with E-state index in [9.17, 15) is 4.39 Å². The fourth-order valence-corrected chi connectivity index (χ4v) is 5.16. The number of nitrogens with zero attached hydrogens (tertiary/aromatic N) is 1. The van der Waals surface area contributed by atoms with E-state index < -0.39 is 0 Å². The summed E-state index contributed by atoms with van der Waals surface area (Å²) in [6.45, 7) is 5.03. The van der Waals surface area contributed by atoms with Gasteiger partial charge < -0.3 is 4.74 Å². The third-order valence-corrected chi connectivity index (χ3v) is 7.32. The molecule has 1 aromatic heterocycles. The van der Waals surface area contributed by atoms with Crippen molar-refractivity contribution in [1.82, 2.24) is 4.98 Å². The lowest BCUT2D eigenvalue weighted by Gasteiger charge is -2.29. The zero-order valence-corrected chi connectivity index (χ0v) is 21.0. The van der Waals surface area contributed by atoms with E-state index in [1.807, 2.05) is 0 Å². The molecule has 1 aromatic carbocycles. The van der Waals surface area contributed by atoms with Crippen LogP contribution in [0.5, 0.6) is 5.88 Å². The number of aromatic nitrogens is 1. The molecule has 0 radical (unpaired) electrons. The highest BCUT2D eigenvalue weighted by Crippen LogP contribution is 2.38. The molecule has 2 aromatic rings. The van der Waals surface area contributed by atoms with E-state index in [1.165, 1.54) is 82.6 Å². The Bertz CT molecular complexity index is 795. The molecule has 1 aliphatic rings. The van der Waals surface area contributed by atoms with Crippen molar-refractivity contribution in [3.05, 3.63) is 47.9 Å². The molecule has 0 atom stereocenters. The van der Waals surface area contributed by atoms with E-state index in [-0.39, 0.29) is 11.7 Å². The highest BCUT2D eigenvalue weighted by Gasteiger charge is 2.22. The molecule has 3 rings (SSSR count). The van der Waals surface area contributed by atoms with Crippen molar-refractivity contribution >= 4 is 0 Å². The topological polar surface area (TPSA) is 22.1 Å². The molecule has 1 fully saturated rings. The largest absolute Gasteiger partial charge is 0.476 e. The second kappa shape index (κ2) is 14.4. The number of hydrogen-bond donors (Lipinski definition) is 0. The first-order chi connectivity index (χ1) is 16.2. The van der Waals surface area contributed by atoms with Crippen LogP contribution in [0.1, 0.15) is 115 Å². The van der Waals surface area contributed by atoms with Gasteiger partial charge in [0.05, 0.1) is 6.61 Å². The van der Waals surface area contributed by atoms with Crippen LogP contribution in [0.25, 0.3) is 11.1 Å². The number of rotatable bonds is 14. The van der Waals surface area contributed by atoms with Crippen LogP contribution >= 0.6 is 0 Å². The fraction of sp³-hybridized carbons (Fsp3) is 0.633. The number of ether oxygens (including phenoxy) is 1. The van der Waals surface area contributed by atoms with Gasteiger partial charge in [-0.05, 0) is 61.1 Å². The summed E-state index contributed by atoms with van der Waals surface area (Å²) < 4.78 is 20.1. The molecule has 182 valence electrons. The Balaban J connectivity index is 1.46. The van der Waals surface area contributed by atoms with Gasteiger partial charge in [0.1, 0.15) is 0 Å². The summed E-state index contributed by atoms with van der Waals surface area (Å²) in [6, 6.07) is 10.3. The minimum Gasteiger partial charge on any atom is -0.476 e. The van der Waals surface area contributed by atoms with Crippen LogP contribution in [-0.4, -0.2) is 11.6 Å². The van der Waals surface area contributed by atoms with Crippen molar-refractivity contribution in [2.75, 3.05) is 6.61 Å². The van der Waals surface area contributed by atoms with E-state index in [0.29, 0.717) is 12.5 Å². The maximum atomic E-state index is 14.5. The first-order valence-electron chi connectivity index (χ1n) is 13.6. The number of pyridine rings is 1. The van der Waals surface area contributed by atoms with Gasteiger partial charge in [-0.25, -0.2) is 9.37 Å². The Hall–Kier alpha value is -1.90. The monoisotopic (exact) mass is 453 g/mol. The summed E-state index contributed by atoms with van der Waals surface area (Å²) in [5, 5.41) is 0. The normalized spacial score (nSPS) is 18.4. The SMILES string of the molecule is CCCCCCCCOc1ncc(-c2ccc([C@H]3CC[C@H](CCCCC)CC3)cc2)cc1F. The molecule has 0 spiro atoms. The first kappa shape index (κ1) is 25.7. The van der Waals surface area contributed by atoms with Crippen molar-refractivity contribution in [1.29, 1.82) is 0 Å². The Labute approximate surface area is 201 Å². The zero-order valence-electron chi connectivity index (χ0n) is 21.0. The number of benzene rings is 1. The molecular formula is C30H44FNO. The van der Waals surface area contributed by atoms with Crippen LogP contribution in [-0.2, 0) is 0 Å². The van der Waals surface area contributed by atoms with Crippen molar-refractivity contribution in [3.8, 4) is 17.0 Å². The standard InChI is InChI=1S/C30H44FNO/c1-3-5-7-8-9-11-21-33-30-29(31)22-28(23-32-30)27-19-17-26(18-20-27)25-15-13-24(14-16-25)12-10-6-4-2/h17-20,22-25H,3-16,21H2,1-2H3/t24-,25-. The minimum atomic E-state index is -0.371. The van der Waals surface area contributed by atoms with Crippen LogP contribution in [0.2, 0.25) is 0 Å². The molecule has 1 heterocycles. The van der Waals surface area contributed by atoms with Gasteiger partial charge in [0.2, 0.25) is 5.88 Å². The van der Waals surface area contributed by atoms with Crippen LogP contribution in [0.4, 0.5) is 4.39 Å². The highest BCUT2D eigenvalue weighted by atomic mass is 19.1.